The predicted molar refractivity (Wildman–Crippen MR) is 112 cm³/mol. The van der Waals surface area contributed by atoms with E-state index in [1.807, 2.05) is 31.7 Å². The maximum absolute atomic E-state index is 5.70. The average Bonchev–Trinajstić information content (AvgIpc) is 3.48. The van der Waals surface area contributed by atoms with Crippen LogP contribution in [0.2, 0.25) is 0 Å². The molecule has 0 aliphatic carbocycles. The van der Waals surface area contributed by atoms with Gasteiger partial charge in [-0.05, 0) is 42.5 Å². The molecule has 2 aromatic heterocycles. The third-order valence-corrected chi connectivity index (χ3v) is 6.76. The summed E-state index contributed by atoms with van der Waals surface area (Å²) in [6, 6.07) is 8.11. The smallest absolute Gasteiger partial charge is 0.137 e. The SMILES string of the molecule is COc1ccc(-c2[nH]ncc2CN2CC(c3nncn3C)C3(CCOCC3)C2)cc1. The fourth-order valence-electron chi connectivity index (χ4n) is 5.12. The highest BCUT2D eigenvalue weighted by molar-refractivity contribution is 5.63. The minimum atomic E-state index is 0.197. The van der Waals surface area contributed by atoms with Crippen LogP contribution in [0, 0.1) is 5.41 Å². The number of nitrogens with one attached hydrogen (secondary N) is 1. The first kappa shape index (κ1) is 19.3. The normalized spacial score (nSPS) is 21.3. The standard InChI is InChI=1S/C22H28N6O2/c1-27-15-24-26-21(27)19-13-28(14-22(19)7-9-30-10-8-22)12-17-11-23-25-20(17)16-3-5-18(29-2)6-4-16/h3-6,11,15,19H,7-10,12-14H2,1-2H3,(H,23,25). The molecule has 0 saturated carbocycles. The Labute approximate surface area is 176 Å². The first-order chi connectivity index (χ1) is 14.7. The maximum atomic E-state index is 5.70. The lowest BCUT2D eigenvalue weighted by Gasteiger charge is -2.37. The molecule has 2 aliphatic rings. The van der Waals surface area contributed by atoms with Gasteiger partial charge in [0.2, 0.25) is 0 Å². The van der Waals surface area contributed by atoms with Crippen LogP contribution in [0.4, 0.5) is 0 Å². The van der Waals surface area contributed by atoms with Gasteiger partial charge in [0.1, 0.15) is 17.9 Å². The number of aryl methyl sites for hydroxylation is 1. The summed E-state index contributed by atoms with van der Waals surface area (Å²) >= 11 is 0. The van der Waals surface area contributed by atoms with Gasteiger partial charge in [-0.3, -0.25) is 10.00 Å². The topological polar surface area (TPSA) is 81.1 Å². The van der Waals surface area contributed by atoms with Crippen molar-refractivity contribution >= 4 is 0 Å². The minimum absolute atomic E-state index is 0.197. The molecule has 0 bridgehead atoms. The number of methoxy groups -OCH3 is 1. The molecule has 1 spiro atoms. The second kappa shape index (κ2) is 7.85. The zero-order chi connectivity index (χ0) is 20.6. The number of hydrogen-bond acceptors (Lipinski definition) is 6. The summed E-state index contributed by atoms with van der Waals surface area (Å²) in [7, 11) is 3.73. The fourth-order valence-corrected chi connectivity index (χ4v) is 5.12. The monoisotopic (exact) mass is 408 g/mol. The summed E-state index contributed by atoms with van der Waals surface area (Å²) < 4.78 is 13.1. The molecular weight excluding hydrogens is 380 g/mol. The summed E-state index contributed by atoms with van der Waals surface area (Å²) in [4.78, 5) is 2.54. The minimum Gasteiger partial charge on any atom is -0.497 e. The van der Waals surface area contributed by atoms with Crippen molar-refractivity contribution in [3.05, 3.63) is 48.2 Å². The maximum Gasteiger partial charge on any atom is 0.137 e. The van der Waals surface area contributed by atoms with Gasteiger partial charge in [0.25, 0.3) is 0 Å². The second-order valence-electron chi connectivity index (χ2n) is 8.50. The quantitative estimate of drug-likeness (QED) is 0.699. The van der Waals surface area contributed by atoms with Crippen molar-refractivity contribution in [1.82, 2.24) is 29.9 Å². The Balaban J connectivity index is 1.40. The second-order valence-corrected chi connectivity index (χ2v) is 8.50. The third kappa shape index (κ3) is 3.40. The van der Waals surface area contributed by atoms with Gasteiger partial charge >= 0.3 is 0 Å². The summed E-state index contributed by atoms with van der Waals surface area (Å²) in [6.45, 7) is 4.52. The van der Waals surface area contributed by atoms with Crippen molar-refractivity contribution < 1.29 is 9.47 Å². The van der Waals surface area contributed by atoms with Gasteiger partial charge in [0, 0.05) is 56.9 Å². The van der Waals surface area contributed by atoms with Gasteiger partial charge in [-0.25, -0.2) is 0 Å². The average molecular weight is 409 g/mol. The number of nitrogens with zero attached hydrogens (tertiary/aromatic N) is 5. The van der Waals surface area contributed by atoms with Crippen LogP contribution in [0.5, 0.6) is 5.75 Å². The summed E-state index contributed by atoms with van der Waals surface area (Å²) in [6.07, 6.45) is 5.89. The molecule has 5 rings (SSSR count). The van der Waals surface area contributed by atoms with Gasteiger partial charge in [-0.2, -0.15) is 5.10 Å². The molecule has 1 atom stereocenters. The van der Waals surface area contributed by atoms with E-state index in [0.717, 1.165) is 68.5 Å². The van der Waals surface area contributed by atoms with E-state index in [-0.39, 0.29) is 5.41 Å². The molecule has 2 aliphatic heterocycles. The molecule has 2 fully saturated rings. The van der Waals surface area contributed by atoms with E-state index in [1.54, 1.807) is 7.11 Å². The third-order valence-electron chi connectivity index (χ3n) is 6.76. The molecule has 1 N–H and O–H groups in total. The predicted octanol–water partition coefficient (Wildman–Crippen LogP) is 2.61. The molecule has 158 valence electrons. The molecule has 8 heteroatoms. The van der Waals surface area contributed by atoms with Crippen LogP contribution in [0.15, 0.2) is 36.8 Å². The van der Waals surface area contributed by atoms with Gasteiger partial charge in [0.05, 0.1) is 19.0 Å². The van der Waals surface area contributed by atoms with Gasteiger partial charge in [0.15, 0.2) is 0 Å². The zero-order valence-electron chi connectivity index (χ0n) is 17.5. The number of H-pyrrole nitrogens is 1. The highest BCUT2D eigenvalue weighted by atomic mass is 16.5. The van der Waals surface area contributed by atoms with Crippen molar-refractivity contribution in [1.29, 1.82) is 0 Å². The van der Waals surface area contributed by atoms with Crippen molar-refractivity contribution in [2.24, 2.45) is 12.5 Å². The van der Waals surface area contributed by atoms with E-state index in [2.05, 4.69) is 42.0 Å². The van der Waals surface area contributed by atoms with Crippen molar-refractivity contribution in [2.45, 2.75) is 25.3 Å². The Kier molecular flexibility index (Phi) is 5.04. The summed E-state index contributed by atoms with van der Waals surface area (Å²) in [5.74, 6) is 2.31. The van der Waals surface area contributed by atoms with E-state index in [4.69, 9.17) is 9.47 Å². The van der Waals surface area contributed by atoms with Crippen LogP contribution >= 0.6 is 0 Å². The number of benzene rings is 1. The van der Waals surface area contributed by atoms with E-state index >= 15 is 0 Å². The summed E-state index contributed by atoms with van der Waals surface area (Å²) in [5, 5.41) is 16.2. The fraction of sp³-hybridized carbons (Fsp3) is 0.500. The molecule has 4 heterocycles. The van der Waals surface area contributed by atoms with E-state index in [1.165, 1.54) is 5.56 Å². The Morgan fingerprint density at radius 3 is 2.73 bits per heavy atom. The van der Waals surface area contributed by atoms with Gasteiger partial charge < -0.3 is 14.0 Å². The molecular formula is C22H28N6O2. The Bertz CT molecular complexity index is 989. The molecule has 0 amide bonds. The highest BCUT2D eigenvalue weighted by Gasteiger charge is 2.49. The van der Waals surface area contributed by atoms with Gasteiger partial charge in [-0.1, -0.05) is 0 Å². The number of hydrogen-bond donors (Lipinski definition) is 1. The number of likely N-dealkylation sites (tertiary alicyclic amines) is 1. The molecule has 1 aromatic carbocycles. The molecule has 0 radical (unpaired) electrons. The van der Waals surface area contributed by atoms with Gasteiger partial charge in [-0.15, -0.1) is 10.2 Å². The largest absolute Gasteiger partial charge is 0.497 e. The summed E-state index contributed by atoms with van der Waals surface area (Å²) in [5.41, 5.74) is 3.60. The lowest BCUT2D eigenvalue weighted by Crippen LogP contribution is -2.36. The Hall–Kier alpha value is -2.71. The molecule has 2 saturated heterocycles. The number of aromatic amines is 1. The van der Waals surface area contributed by atoms with E-state index in [9.17, 15) is 0 Å². The van der Waals surface area contributed by atoms with Crippen LogP contribution in [-0.2, 0) is 18.3 Å². The first-order valence-electron chi connectivity index (χ1n) is 10.5. The molecule has 30 heavy (non-hydrogen) atoms. The Morgan fingerprint density at radius 1 is 1.23 bits per heavy atom. The van der Waals surface area contributed by atoms with Crippen molar-refractivity contribution in [3.63, 3.8) is 0 Å². The van der Waals surface area contributed by atoms with Crippen LogP contribution in [0.3, 0.4) is 0 Å². The van der Waals surface area contributed by atoms with E-state index in [0.29, 0.717) is 5.92 Å². The zero-order valence-corrected chi connectivity index (χ0v) is 17.5. The first-order valence-corrected chi connectivity index (χ1v) is 10.5. The van der Waals surface area contributed by atoms with Crippen LogP contribution in [0.1, 0.15) is 30.1 Å². The highest BCUT2D eigenvalue weighted by Crippen LogP contribution is 2.49. The molecule has 8 nitrogen and oxygen atoms in total. The van der Waals surface area contributed by atoms with Crippen LogP contribution in [-0.4, -0.2) is 63.3 Å². The van der Waals surface area contributed by atoms with Crippen molar-refractivity contribution in [2.75, 3.05) is 33.4 Å². The number of ether oxygens (including phenoxy) is 2. The lowest BCUT2D eigenvalue weighted by molar-refractivity contribution is 0.0105. The van der Waals surface area contributed by atoms with Crippen molar-refractivity contribution in [3.8, 4) is 17.0 Å². The Morgan fingerprint density at radius 2 is 2.03 bits per heavy atom. The van der Waals surface area contributed by atoms with Crippen LogP contribution < -0.4 is 4.74 Å². The number of rotatable bonds is 5. The van der Waals surface area contributed by atoms with Crippen LogP contribution in [0.25, 0.3) is 11.3 Å². The molecule has 1 unspecified atom stereocenters. The number of aromatic nitrogens is 5. The lowest BCUT2D eigenvalue weighted by atomic mass is 9.72. The van der Waals surface area contributed by atoms with E-state index < -0.39 is 0 Å². The molecule has 3 aromatic rings.